The number of hydrogen-bond donors (Lipinski definition) is 2. The normalized spacial score (nSPS) is 15.7. The molecule has 0 saturated heterocycles. The fraction of sp³-hybridized carbons (Fsp3) is 0.300. The van der Waals surface area contributed by atoms with Crippen molar-refractivity contribution in [2.75, 3.05) is 18.5 Å². The van der Waals surface area contributed by atoms with Gasteiger partial charge in [0, 0.05) is 17.9 Å². The van der Waals surface area contributed by atoms with Gasteiger partial charge in [-0.25, -0.2) is 0 Å². The summed E-state index contributed by atoms with van der Waals surface area (Å²) in [5, 5.41) is 5.36. The second-order valence-electron chi connectivity index (χ2n) is 6.01. The summed E-state index contributed by atoms with van der Waals surface area (Å²) in [6.45, 7) is 1.21. The molecule has 0 aliphatic carbocycles. The number of para-hydroxylation sites is 2. The van der Waals surface area contributed by atoms with Crippen LogP contribution >= 0.6 is 11.8 Å². The van der Waals surface area contributed by atoms with Crippen LogP contribution < -0.4 is 15.4 Å². The second-order valence-corrected chi connectivity index (χ2v) is 7.26. The zero-order valence-corrected chi connectivity index (χ0v) is 15.3. The van der Waals surface area contributed by atoms with Gasteiger partial charge in [0.25, 0.3) is 0 Å². The predicted octanol–water partition coefficient (Wildman–Crippen LogP) is 3.46. The Bertz CT molecular complexity index is 752. The average Bonchev–Trinajstić information content (AvgIpc) is 2.66. The molecule has 1 aliphatic rings. The fourth-order valence-corrected chi connectivity index (χ4v) is 3.74. The van der Waals surface area contributed by atoms with Crippen LogP contribution in [0.5, 0.6) is 5.75 Å². The van der Waals surface area contributed by atoms with Gasteiger partial charge in [-0.05, 0) is 37.1 Å². The molecule has 0 radical (unpaired) electrons. The van der Waals surface area contributed by atoms with Crippen molar-refractivity contribution in [1.82, 2.24) is 5.32 Å². The largest absolute Gasteiger partial charge is 0.494 e. The van der Waals surface area contributed by atoms with E-state index in [9.17, 15) is 9.59 Å². The maximum atomic E-state index is 12.1. The van der Waals surface area contributed by atoms with Gasteiger partial charge in [0.1, 0.15) is 5.75 Å². The average molecular weight is 370 g/mol. The van der Waals surface area contributed by atoms with Gasteiger partial charge in [-0.1, -0.05) is 30.3 Å². The number of benzene rings is 2. The third kappa shape index (κ3) is 5.26. The molecule has 0 aromatic heterocycles. The highest BCUT2D eigenvalue weighted by Crippen LogP contribution is 2.36. The summed E-state index contributed by atoms with van der Waals surface area (Å²) in [4.78, 5) is 25.2. The van der Waals surface area contributed by atoms with E-state index in [-0.39, 0.29) is 23.5 Å². The Morgan fingerprint density at radius 1 is 1.08 bits per heavy atom. The number of ether oxygens (including phenoxy) is 1. The molecule has 0 saturated carbocycles. The minimum absolute atomic E-state index is 0.0963. The Kier molecular flexibility index (Phi) is 6.55. The van der Waals surface area contributed by atoms with Crippen LogP contribution in [0.25, 0.3) is 0 Å². The number of carbonyl (C=O) groups is 2. The number of carbonyl (C=O) groups excluding carboxylic acids is 2. The molecule has 0 fully saturated rings. The monoisotopic (exact) mass is 370 g/mol. The number of unbranched alkanes of at least 4 members (excludes halogenated alkanes) is 1. The van der Waals surface area contributed by atoms with E-state index in [0.717, 1.165) is 29.2 Å². The van der Waals surface area contributed by atoms with Gasteiger partial charge in [0.2, 0.25) is 11.8 Å². The van der Waals surface area contributed by atoms with E-state index in [1.54, 1.807) is 0 Å². The number of hydrogen-bond acceptors (Lipinski definition) is 4. The van der Waals surface area contributed by atoms with Crippen molar-refractivity contribution in [3.8, 4) is 5.75 Å². The molecule has 0 bridgehead atoms. The van der Waals surface area contributed by atoms with Crippen molar-refractivity contribution in [2.45, 2.75) is 29.4 Å². The van der Waals surface area contributed by atoms with Crippen LogP contribution in [0, 0.1) is 0 Å². The molecule has 0 unspecified atom stereocenters. The summed E-state index contributed by atoms with van der Waals surface area (Å²) < 4.78 is 5.61. The lowest BCUT2D eigenvalue weighted by atomic mass is 10.2. The summed E-state index contributed by atoms with van der Waals surface area (Å²) in [7, 11) is 0. The molecular formula is C20H22N2O3S. The standard InChI is InChI=1S/C20H22N2O3S/c23-19(21-12-6-7-13-25-15-8-2-1-3-9-15)14-18-20(24)22-16-10-4-5-11-17(16)26-18/h1-5,8-11,18H,6-7,12-14H2,(H,21,23)(H,22,24)/t18-/m1/s1. The van der Waals surface area contributed by atoms with E-state index in [4.69, 9.17) is 4.74 Å². The van der Waals surface area contributed by atoms with Crippen molar-refractivity contribution >= 4 is 29.3 Å². The summed E-state index contributed by atoms with van der Waals surface area (Å²) in [6.07, 6.45) is 1.89. The fourth-order valence-electron chi connectivity index (χ4n) is 2.63. The van der Waals surface area contributed by atoms with Gasteiger partial charge in [-0.15, -0.1) is 11.8 Å². The number of amides is 2. The Morgan fingerprint density at radius 2 is 1.85 bits per heavy atom. The first-order valence-electron chi connectivity index (χ1n) is 8.73. The van der Waals surface area contributed by atoms with Crippen LogP contribution in [0.1, 0.15) is 19.3 Å². The first-order valence-corrected chi connectivity index (χ1v) is 9.61. The van der Waals surface area contributed by atoms with Crippen LogP contribution in [-0.2, 0) is 9.59 Å². The predicted molar refractivity (Wildman–Crippen MR) is 104 cm³/mol. The molecule has 2 N–H and O–H groups in total. The van der Waals surface area contributed by atoms with E-state index >= 15 is 0 Å². The lowest BCUT2D eigenvalue weighted by Gasteiger charge is -2.23. The minimum Gasteiger partial charge on any atom is -0.494 e. The van der Waals surface area contributed by atoms with Gasteiger partial charge < -0.3 is 15.4 Å². The van der Waals surface area contributed by atoms with E-state index in [0.29, 0.717) is 13.2 Å². The Hall–Kier alpha value is -2.47. The topological polar surface area (TPSA) is 67.4 Å². The van der Waals surface area contributed by atoms with E-state index in [2.05, 4.69) is 10.6 Å². The Balaban J connectivity index is 1.32. The van der Waals surface area contributed by atoms with Crippen LogP contribution in [0.3, 0.4) is 0 Å². The van der Waals surface area contributed by atoms with Crippen molar-refractivity contribution < 1.29 is 14.3 Å². The molecular weight excluding hydrogens is 348 g/mol. The molecule has 26 heavy (non-hydrogen) atoms. The molecule has 1 heterocycles. The lowest BCUT2D eigenvalue weighted by Crippen LogP contribution is -2.35. The summed E-state index contributed by atoms with van der Waals surface area (Å²) in [5.74, 6) is 0.651. The second kappa shape index (κ2) is 9.29. The van der Waals surface area contributed by atoms with E-state index in [1.807, 2.05) is 54.6 Å². The Morgan fingerprint density at radius 3 is 2.69 bits per heavy atom. The van der Waals surface area contributed by atoms with E-state index < -0.39 is 0 Å². The maximum Gasteiger partial charge on any atom is 0.238 e. The highest BCUT2D eigenvalue weighted by molar-refractivity contribution is 8.01. The molecule has 2 aromatic carbocycles. The SMILES string of the molecule is O=C(C[C@H]1Sc2ccccc2NC1=O)NCCCCOc1ccccc1. The molecule has 136 valence electrons. The number of nitrogens with one attached hydrogen (secondary N) is 2. The minimum atomic E-state index is -0.383. The van der Waals surface area contributed by atoms with Crippen molar-refractivity contribution in [3.05, 3.63) is 54.6 Å². The number of fused-ring (bicyclic) bond motifs is 1. The van der Waals surface area contributed by atoms with Crippen molar-refractivity contribution in [3.63, 3.8) is 0 Å². The number of anilines is 1. The molecule has 6 heteroatoms. The lowest BCUT2D eigenvalue weighted by molar-refractivity contribution is -0.124. The van der Waals surface area contributed by atoms with E-state index in [1.165, 1.54) is 11.8 Å². The molecule has 1 aliphatic heterocycles. The Labute approximate surface area is 157 Å². The first-order chi connectivity index (χ1) is 12.7. The van der Waals surface area contributed by atoms with Gasteiger partial charge in [-0.2, -0.15) is 0 Å². The highest BCUT2D eigenvalue weighted by atomic mass is 32.2. The van der Waals surface area contributed by atoms with Crippen LogP contribution in [0.2, 0.25) is 0 Å². The van der Waals surface area contributed by atoms with Crippen LogP contribution in [0.15, 0.2) is 59.5 Å². The third-order valence-electron chi connectivity index (χ3n) is 3.98. The molecule has 2 aromatic rings. The van der Waals surface area contributed by atoms with Gasteiger partial charge in [0.05, 0.1) is 17.5 Å². The zero-order chi connectivity index (χ0) is 18.2. The van der Waals surface area contributed by atoms with Crippen molar-refractivity contribution in [2.24, 2.45) is 0 Å². The van der Waals surface area contributed by atoms with Crippen LogP contribution in [-0.4, -0.2) is 30.2 Å². The van der Waals surface area contributed by atoms with Gasteiger partial charge >= 0.3 is 0 Å². The molecule has 0 spiro atoms. The molecule has 2 amide bonds. The van der Waals surface area contributed by atoms with Gasteiger partial charge in [-0.3, -0.25) is 9.59 Å². The smallest absolute Gasteiger partial charge is 0.238 e. The highest BCUT2D eigenvalue weighted by Gasteiger charge is 2.28. The zero-order valence-electron chi connectivity index (χ0n) is 14.4. The van der Waals surface area contributed by atoms with Crippen LogP contribution in [0.4, 0.5) is 5.69 Å². The maximum absolute atomic E-state index is 12.1. The summed E-state index contributed by atoms with van der Waals surface area (Å²) in [5.41, 5.74) is 0.817. The van der Waals surface area contributed by atoms with Gasteiger partial charge in [0.15, 0.2) is 0 Å². The first kappa shape index (κ1) is 18.3. The van der Waals surface area contributed by atoms with Crippen molar-refractivity contribution in [1.29, 1.82) is 0 Å². The molecule has 5 nitrogen and oxygen atoms in total. The number of thioether (sulfide) groups is 1. The third-order valence-corrected chi connectivity index (χ3v) is 5.26. The quantitative estimate of drug-likeness (QED) is 0.698. The molecule has 1 atom stereocenters. The molecule has 3 rings (SSSR count). The summed E-state index contributed by atoms with van der Waals surface area (Å²) in [6, 6.07) is 17.3. The summed E-state index contributed by atoms with van der Waals surface area (Å²) >= 11 is 1.45. The number of rotatable bonds is 8.